The number of carbonyl (C=O) groups is 2. The molecule has 0 fully saturated rings. The van der Waals surface area contributed by atoms with Gasteiger partial charge >= 0.3 is 0 Å². The van der Waals surface area contributed by atoms with Crippen molar-refractivity contribution in [2.24, 2.45) is 0 Å². The van der Waals surface area contributed by atoms with Crippen LogP contribution in [0.15, 0.2) is 66.4 Å². The number of imide groups is 1. The Hall–Kier alpha value is -3.86. The number of hydrogen-bond acceptors (Lipinski definition) is 4. The minimum Gasteiger partial charge on any atom is -0.497 e. The zero-order chi connectivity index (χ0) is 23.0. The van der Waals surface area contributed by atoms with E-state index < -0.39 is 0 Å². The second kappa shape index (κ2) is 8.35. The molecule has 0 radical (unpaired) electrons. The summed E-state index contributed by atoms with van der Waals surface area (Å²) >= 11 is 0. The van der Waals surface area contributed by atoms with Gasteiger partial charge in [-0.1, -0.05) is 42.0 Å². The molecular weight excluding hydrogens is 400 g/mol. The van der Waals surface area contributed by atoms with Crippen LogP contribution in [0.4, 0.5) is 11.4 Å². The van der Waals surface area contributed by atoms with Gasteiger partial charge in [-0.25, -0.2) is 4.90 Å². The van der Waals surface area contributed by atoms with Gasteiger partial charge in [0.05, 0.1) is 18.4 Å². The van der Waals surface area contributed by atoms with Crippen LogP contribution in [-0.2, 0) is 9.59 Å². The molecule has 4 rings (SSSR count). The van der Waals surface area contributed by atoms with Crippen LogP contribution < -0.4 is 15.0 Å². The minimum absolute atomic E-state index is 0.256. The SMILES string of the molecule is COc1cccc(NC2=C(c3ccc(C)c(C)c3)C(=O)N(c3ccc(C)cc3C)C2=O)c1. The normalized spacial score (nSPS) is 13.7. The van der Waals surface area contributed by atoms with Gasteiger partial charge in [0.15, 0.2) is 0 Å². The van der Waals surface area contributed by atoms with E-state index in [0.29, 0.717) is 28.3 Å². The molecule has 1 aliphatic rings. The maximum Gasteiger partial charge on any atom is 0.282 e. The van der Waals surface area contributed by atoms with E-state index in [-0.39, 0.29) is 17.5 Å². The highest BCUT2D eigenvalue weighted by molar-refractivity contribution is 6.46. The van der Waals surface area contributed by atoms with Gasteiger partial charge in [-0.05, 0) is 68.1 Å². The van der Waals surface area contributed by atoms with Crippen molar-refractivity contribution in [2.45, 2.75) is 27.7 Å². The van der Waals surface area contributed by atoms with Crippen LogP contribution in [0.3, 0.4) is 0 Å². The van der Waals surface area contributed by atoms with Crippen LogP contribution >= 0.6 is 0 Å². The average Bonchev–Trinajstić information content (AvgIpc) is 3.00. The Kier molecular flexibility index (Phi) is 5.57. The van der Waals surface area contributed by atoms with Crippen molar-refractivity contribution in [2.75, 3.05) is 17.3 Å². The predicted octanol–water partition coefficient (Wildman–Crippen LogP) is 5.33. The van der Waals surface area contributed by atoms with Gasteiger partial charge in [-0.3, -0.25) is 9.59 Å². The molecule has 0 saturated carbocycles. The Labute approximate surface area is 188 Å². The van der Waals surface area contributed by atoms with Gasteiger partial charge in [0.1, 0.15) is 11.4 Å². The molecule has 0 spiro atoms. The molecule has 0 atom stereocenters. The molecule has 3 aromatic rings. The van der Waals surface area contributed by atoms with E-state index in [1.807, 2.05) is 82.3 Å². The standard InChI is InChI=1S/C27H26N2O3/c1-16-9-12-23(19(4)13-16)29-26(30)24(20-11-10-17(2)18(3)14-20)25(27(29)31)28-21-7-6-8-22(15-21)32-5/h6-15,28H,1-5H3. The third kappa shape index (κ3) is 3.78. The monoisotopic (exact) mass is 426 g/mol. The first-order valence-electron chi connectivity index (χ1n) is 10.5. The van der Waals surface area contributed by atoms with Crippen molar-refractivity contribution >= 4 is 28.8 Å². The van der Waals surface area contributed by atoms with Gasteiger partial charge in [0.2, 0.25) is 0 Å². The highest BCUT2D eigenvalue weighted by atomic mass is 16.5. The number of nitrogens with zero attached hydrogens (tertiary/aromatic N) is 1. The lowest BCUT2D eigenvalue weighted by Gasteiger charge is -2.18. The molecule has 0 aliphatic carbocycles. The van der Waals surface area contributed by atoms with Crippen LogP contribution in [0.25, 0.3) is 5.57 Å². The summed E-state index contributed by atoms with van der Waals surface area (Å²) in [4.78, 5) is 28.5. The molecule has 162 valence electrons. The number of ether oxygens (including phenoxy) is 1. The number of hydrogen-bond donors (Lipinski definition) is 1. The molecular formula is C27H26N2O3. The fraction of sp³-hybridized carbons (Fsp3) is 0.185. The largest absolute Gasteiger partial charge is 0.497 e. The zero-order valence-electron chi connectivity index (χ0n) is 18.9. The van der Waals surface area contributed by atoms with E-state index in [1.165, 1.54) is 4.90 Å². The summed E-state index contributed by atoms with van der Waals surface area (Å²) in [7, 11) is 1.59. The van der Waals surface area contributed by atoms with Crippen LogP contribution in [0.5, 0.6) is 5.75 Å². The van der Waals surface area contributed by atoms with Gasteiger partial charge in [0, 0.05) is 11.8 Å². The quantitative estimate of drug-likeness (QED) is 0.561. The van der Waals surface area contributed by atoms with E-state index in [0.717, 1.165) is 22.3 Å². The second-order valence-corrected chi connectivity index (χ2v) is 8.14. The molecule has 5 heteroatoms. The number of benzene rings is 3. The predicted molar refractivity (Wildman–Crippen MR) is 128 cm³/mol. The van der Waals surface area contributed by atoms with Crippen molar-refractivity contribution < 1.29 is 14.3 Å². The molecule has 5 nitrogen and oxygen atoms in total. The van der Waals surface area contributed by atoms with Crippen molar-refractivity contribution in [3.05, 3.63) is 94.2 Å². The summed E-state index contributed by atoms with van der Waals surface area (Å²) in [5.74, 6) is -0.0556. The first kappa shape index (κ1) is 21.4. The number of aryl methyl sites for hydroxylation is 4. The summed E-state index contributed by atoms with van der Waals surface area (Å²) in [6, 6.07) is 18.8. The minimum atomic E-state index is -0.377. The summed E-state index contributed by atoms with van der Waals surface area (Å²) in [5.41, 5.74) is 6.71. The fourth-order valence-electron chi connectivity index (χ4n) is 3.93. The number of anilines is 2. The van der Waals surface area contributed by atoms with Gasteiger partial charge in [-0.2, -0.15) is 0 Å². The Morgan fingerprint density at radius 2 is 1.56 bits per heavy atom. The lowest BCUT2D eigenvalue weighted by atomic mass is 9.99. The van der Waals surface area contributed by atoms with Gasteiger partial charge in [-0.15, -0.1) is 0 Å². The van der Waals surface area contributed by atoms with Crippen LogP contribution in [0.2, 0.25) is 0 Å². The maximum atomic E-state index is 13.7. The number of rotatable bonds is 5. The highest BCUT2D eigenvalue weighted by Gasteiger charge is 2.40. The molecule has 0 unspecified atom stereocenters. The Bertz CT molecular complexity index is 1270. The maximum absolute atomic E-state index is 13.7. The molecule has 1 aliphatic heterocycles. The smallest absolute Gasteiger partial charge is 0.282 e. The molecule has 2 amide bonds. The van der Waals surface area contributed by atoms with Gasteiger partial charge < -0.3 is 10.1 Å². The topological polar surface area (TPSA) is 58.6 Å². The number of carbonyl (C=O) groups excluding carboxylic acids is 2. The third-order valence-corrected chi connectivity index (χ3v) is 5.81. The first-order chi connectivity index (χ1) is 15.3. The lowest BCUT2D eigenvalue weighted by Crippen LogP contribution is -2.33. The number of methoxy groups -OCH3 is 1. The number of nitrogens with one attached hydrogen (secondary N) is 1. The van der Waals surface area contributed by atoms with Crippen LogP contribution in [-0.4, -0.2) is 18.9 Å². The van der Waals surface area contributed by atoms with Gasteiger partial charge in [0.25, 0.3) is 11.8 Å². The molecule has 0 bridgehead atoms. The summed E-state index contributed by atoms with van der Waals surface area (Å²) in [6.07, 6.45) is 0. The van der Waals surface area contributed by atoms with Crippen molar-refractivity contribution in [1.29, 1.82) is 0 Å². The molecule has 1 N–H and O–H groups in total. The Balaban J connectivity index is 1.86. The summed E-state index contributed by atoms with van der Waals surface area (Å²) in [6.45, 7) is 7.91. The second-order valence-electron chi connectivity index (χ2n) is 8.14. The fourth-order valence-corrected chi connectivity index (χ4v) is 3.93. The van der Waals surface area contributed by atoms with E-state index >= 15 is 0 Å². The molecule has 1 heterocycles. The van der Waals surface area contributed by atoms with E-state index in [1.54, 1.807) is 13.2 Å². The third-order valence-electron chi connectivity index (χ3n) is 5.81. The summed E-state index contributed by atoms with van der Waals surface area (Å²) in [5, 5.41) is 3.20. The molecule has 0 aromatic heterocycles. The first-order valence-corrected chi connectivity index (χ1v) is 10.5. The van der Waals surface area contributed by atoms with Crippen molar-refractivity contribution in [1.82, 2.24) is 0 Å². The van der Waals surface area contributed by atoms with Crippen LogP contribution in [0, 0.1) is 27.7 Å². The van der Waals surface area contributed by atoms with Crippen molar-refractivity contribution in [3.8, 4) is 5.75 Å². The lowest BCUT2D eigenvalue weighted by molar-refractivity contribution is -0.120. The van der Waals surface area contributed by atoms with E-state index in [9.17, 15) is 9.59 Å². The van der Waals surface area contributed by atoms with Crippen LogP contribution in [0.1, 0.15) is 27.8 Å². The van der Waals surface area contributed by atoms with Crippen molar-refractivity contribution in [3.63, 3.8) is 0 Å². The average molecular weight is 427 g/mol. The molecule has 3 aromatic carbocycles. The Morgan fingerprint density at radius 3 is 2.25 bits per heavy atom. The zero-order valence-corrected chi connectivity index (χ0v) is 18.9. The Morgan fingerprint density at radius 1 is 0.781 bits per heavy atom. The molecule has 0 saturated heterocycles. The molecule has 32 heavy (non-hydrogen) atoms. The van der Waals surface area contributed by atoms with E-state index in [2.05, 4.69) is 5.32 Å². The highest BCUT2D eigenvalue weighted by Crippen LogP contribution is 2.36. The number of amides is 2. The summed E-state index contributed by atoms with van der Waals surface area (Å²) < 4.78 is 5.31. The van der Waals surface area contributed by atoms with E-state index in [4.69, 9.17) is 4.74 Å².